The first-order valence-corrected chi connectivity index (χ1v) is 8.73. The summed E-state index contributed by atoms with van der Waals surface area (Å²) < 4.78 is 0. The maximum Gasteiger partial charge on any atom is 0.244 e. The van der Waals surface area contributed by atoms with Gasteiger partial charge in [-0.15, -0.1) is 12.4 Å². The molecular formula is C21H27ClN2O. The first kappa shape index (κ1) is 19.5. The number of amides is 1. The number of hydrogen-bond acceptors (Lipinski definition) is 2. The number of benzene rings is 2. The zero-order valence-corrected chi connectivity index (χ0v) is 15.5. The number of halogens is 1. The minimum atomic E-state index is -1.02. The fourth-order valence-electron chi connectivity index (χ4n) is 3.76. The van der Waals surface area contributed by atoms with Crippen molar-refractivity contribution in [2.24, 2.45) is 5.73 Å². The van der Waals surface area contributed by atoms with Gasteiger partial charge in [-0.1, -0.05) is 73.5 Å². The van der Waals surface area contributed by atoms with Crippen molar-refractivity contribution in [1.29, 1.82) is 0 Å². The Kier molecular flexibility index (Phi) is 6.26. The Morgan fingerprint density at radius 3 is 2.12 bits per heavy atom. The lowest BCUT2D eigenvalue weighted by Crippen LogP contribution is -2.52. The number of rotatable bonds is 5. The predicted molar refractivity (Wildman–Crippen MR) is 105 cm³/mol. The summed E-state index contributed by atoms with van der Waals surface area (Å²) in [6.07, 6.45) is 4.65. The minimum absolute atomic E-state index is 0. The molecule has 25 heavy (non-hydrogen) atoms. The van der Waals surface area contributed by atoms with Crippen LogP contribution < -0.4 is 11.1 Å². The van der Waals surface area contributed by atoms with Crippen molar-refractivity contribution < 1.29 is 4.79 Å². The zero-order chi connectivity index (χ0) is 17.0. The van der Waals surface area contributed by atoms with Gasteiger partial charge in [-0.2, -0.15) is 0 Å². The second-order valence-electron chi connectivity index (χ2n) is 7.10. The molecule has 0 aromatic heterocycles. The van der Waals surface area contributed by atoms with Gasteiger partial charge in [0.05, 0.1) is 0 Å². The standard InChI is InChI=1S/C21H26N2O.ClH/c1-20(22,17-10-4-2-5-11-17)19(24)23-16-21(14-8-9-15-21)18-12-6-3-7-13-18;/h2-7,10-13H,8-9,14-16,22H2,1H3,(H,23,24);1H. The Labute approximate surface area is 156 Å². The lowest BCUT2D eigenvalue weighted by atomic mass is 9.78. The Morgan fingerprint density at radius 2 is 1.56 bits per heavy atom. The molecule has 0 spiro atoms. The van der Waals surface area contributed by atoms with Crippen LogP contribution in [0.3, 0.4) is 0 Å². The zero-order valence-electron chi connectivity index (χ0n) is 14.7. The molecule has 0 aliphatic heterocycles. The Balaban J connectivity index is 0.00000225. The highest BCUT2D eigenvalue weighted by molar-refractivity contribution is 5.87. The van der Waals surface area contributed by atoms with Crippen molar-refractivity contribution in [2.45, 2.75) is 43.6 Å². The van der Waals surface area contributed by atoms with Crippen LogP contribution in [0.2, 0.25) is 0 Å². The molecule has 2 aromatic carbocycles. The highest BCUT2D eigenvalue weighted by Gasteiger charge is 2.38. The third-order valence-electron chi connectivity index (χ3n) is 5.38. The number of nitrogens with one attached hydrogen (secondary N) is 1. The van der Waals surface area contributed by atoms with E-state index in [1.807, 2.05) is 36.4 Å². The molecule has 1 atom stereocenters. The van der Waals surface area contributed by atoms with Crippen molar-refractivity contribution in [3.05, 3.63) is 71.8 Å². The number of carbonyl (C=O) groups excluding carboxylic acids is 1. The second-order valence-corrected chi connectivity index (χ2v) is 7.10. The van der Waals surface area contributed by atoms with Crippen LogP contribution >= 0.6 is 12.4 Å². The topological polar surface area (TPSA) is 55.1 Å². The highest BCUT2D eigenvalue weighted by Crippen LogP contribution is 2.40. The molecule has 1 fully saturated rings. The molecule has 0 saturated heterocycles. The van der Waals surface area contributed by atoms with E-state index in [1.54, 1.807) is 6.92 Å². The summed E-state index contributed by atoms with van der Waals surface area (Å²) in [7, 11) is 0. The summed E-state index contributed by atoms with van der Waals surface area (Å²) in [4.78, 5) is 12.8. The van der Waals surface area contributed by atoms with Gasteiger partial charge in [-0.3, -0.25) is 4.79 Å². The van der Waals surface area contributed by atoms with Gasteiger partial charge in [0.1, 0.15) is 5.54 Å². The van der Waals surface area contributed by atoms with Gasteiger partial charge >= 0.3 is 0 Å². The van der Waals surface area contributed by atoms with Crippen LogP contribution in [0, 0.1) is 0 Å². The lowest BCUT2D eigenvalue weighted by Gasteiger charge is -2.32. The predicted octanol–water partition coefficient (Wildman–Crippen LogP) is 3.91. The van der Waals surface area contributed by atoms with Crippen molar-refractivity contribution in [3.8, 4) is 0 Å². The van der Waals surface area contributed by atoms with Crippen LogP contribution in [-0.2, 0) is 15.7 Å². The maximum atomic E-state index is 12.8. The molecule has 1 aliphatic carbocycles. The van der Waals surface area contributed by atoms with E-state index >= 15 is 0 Å². The van der Waals surface area contributed by atoms with Crippen molar-refractivity contribution in [3.63, 3.8) is 0 Å². The molecule has 0 heterocycles. The molecule has 1 saturated carbocycles. The van der Waals surface area contributed by atoms with E-state index in [4.69, 9.17) is 5.73 Å². The van der Waals surface area contributed by atoms with Crippen LogP contribution in [-0.4, -0.2) is 12.5 Å². The van der Waals surface area contributed by atoms with Crippen LogP contribution in [0.25, 0.3) is 0 Å². The number of carbonyl (C=O) groups is 1. The molecule has 3 nitrogen and oxygen atoms in total. The largest absolute Gasteiger partial charge is 0.353 e. The van der Waals surface area contributed by atoms with Gasteiger partial charge in [0.2, 0.25) is 5.91 Å². The molecule has 134 valence electrons. The average molecular weight is 359 g/mol. The van der Waals surface area contributed by atoms with Crippen molar-refractivity contribution in [2.75, 3.05) is 6.54 Å². The molecule has 3 N–H and O–H groups in total. The van der Waals surface area contributed by atoms with E-state index < -0.39 is 5.54 Å². The maximum absolute atomic E-state index is 12.8. The molecule has 0 bridgehead atoms. The summed E-state index contributed by atoms with van der Waals surface area (Å²) in [5.41, 5.74) is 7.52. The van der Waals surface area contributed by atoms with Gasteiger partial charge in [0.15, 0.2) is 0 Å². The Bertz CT molecular complexity index is 680. The van der Waals surface area contributed by atoms with E-state index in [1.165, 1.54) is 18.4 Å². The molecule has 1 aliphatic rings. The lowest BCUT2D eigenvalue weighted by molar-refractivity contribution is -0.126. The number of hydrogen-bond donors (Lipinski definition) is 2. The monoisotopic (exact) mass is 358 g/mol. The quantitative estimate of drug-likeness (QED) is 0.851. The Hall–Kier alpha value is -1.84. The van der Waals surface area contributed by atoms with Crippen molar-refractivity contribution in [1.82, 2.24) is 5.32 Å². The van der Waals surface area contributed by atoms with E-state index in [-0.39, 0.29) is 23.7 Å². The smallest absolute Gasteiger partial charge is 0.244 e. The van der Waals surface area contributed by atoms with Crippen LogP contribution in [0.4, 0.5) is 0 Å². The van der Waals surface area contributed by atoms with Crippen molar-refractivity contribution >= 4 is 18.3 Å². The van der Waals surface area contributed by atoms with Crippen LogP contribution in [0.15, 0.2) is 60.7 Å². The highest BCUT2D eigenvalue weighted by atomic mass is 35.5. The summed E-state index contributed by atoms with van der Waals surface area (Å²) in [5.74, 6) is -0.115. The molecule has 3 rings (SSSR count). The van der Waals surface area contributed by atoms with E-state index in [2.05, 4.69) is 29.6 Å². The molecule has 4 heteroatoms. The third-order valence-corrected chi connectivity index (χ3v) is 5.38. The molecule has 1 unspecified atom stereocenters. The third kappa shape index (κ3) is 4.05. The molecular weight excluding hydrogens is 332 g/mol. The Morgan fingerprint density at radius 1 is 1.04 bits per heavy atom. The van der Waals surface area contributed by atoms with E-state index in [0.717, 1.165) is 18.4 Å². The van der Waals surface area contributed by atoms with Crippen LogP contribution in [0.5, 0.6) is 0 Å². The van der Waals surface area contributed by atoms with Gasteiger partial charge in [-0.25, -0.2) is 0 Å². The summed E-state index contributed by atoms with van der Waals surface area (Å²) >= 11 is 0. The van der Waals surface area contributed by atoms with Gasteiger partial charge in [0, 0.05) is 12.0 Å². The summed E-state index contributed by atoms with van der Waals surface area (Å²) in [5, 5.41) is 3.14. The summed E-state index contributed by atoms with van der Waals surface area (Å²) in [6, 6.07) is 20.1. The van der Waals surface area contributed by atoms with Crippen LogP contribution in [0.1, 0.15) is 43.7 Å². The van der Waals surface area contributed by atoms with E-state index in [9.17, 15) is 4.79 Å². The first-order valence-electron chi connectivity index (χ1n) is 8.73. The van der Waals surface area contributed by atoms with Gasteiger partial charge in [0.25, 0.3) is 0 Å². The average Bonchev–Trinajstić information content (AvgIpc) is 3.11. The minimum Gasteiger partial charge on any atom is -0.353 e. The fraction of sp³-hybridized carbons (Fsp3) is 0.381. The molecule has 0 radical (unpaired) electrons. The summed E-state index contributed by atoms with van der Waals surface area (Å²) in [6.45, 7) is 2.43. The normalized spacial score (nSPS) is 18.0. The number of nitrogens with two attached hydrogens (primary N) is 1. The second kappa shape index (κ2) is 8.03. The van der Waals surface area contributed by atoms with Gasteiger partial charge in [-0.05, 0) is 30.9 Å². The fourth-order valence-corrected chi connectivity index (χ4v) is 3.76. The van der Waals surface area contributed by atoms with E-state index in [0.29, 0.717) is 6.54 Å². The first-order chi connectivity index (χ1) is 11.5. The van der Waals surface area contributed by atoms with Gasteiger partial charge < -0.3 is 11.1 Å². The molecule has 2 aromatic rings. The SMILES string of the molecule is CC(N)(C(=O)NCC1(c2ccccc2)CCCC1)c1ccccc1.Cl. The molecule has 1 amide bonds.